The summed E-state index contributed by atoms with van der Waals surface area (Å²) in [4.78, 5) is 51.7. The van der Waals surface area contributed by atoms with Gasteiger partial charge in [0.2, 0.25) is 5.88 Å². The van der Waals surface area contributed by atoms with Crippen LogP contribution in [0, 0.1) is 57.3 Å². The molecule has 0 N–H and O–H groups in total. The molecule has 4 fully saturated rings. The highest BCUT2D eigenvalue weighted by atomic mass is 16.5. The average molecular weight is 1570 g/mol. The smallest absolute Gasteiger partial charge is 0.225 e. The lowest BCUT2D eigenvalue weighted by atomic mass is 10.0. The molecule has 0 radical (unpaired) electrons. The summed E-state index contributed by atoms with van der Waals surface area (Å²) in [6.07, 6.45) is 24.4. The molecular formula is C90H117N17O8. The summed E-state index contributed by atoms with van der Waals surface area (Å²) in [5.74, 6) is 6.07. The average Bonchev–Trinajstić information content (AvgIpc) is 1.64. The Bertz CT molecular complexity index is 5410. The highest BCUT2D eigenvalue weighted by Crippen LogP contribution is 2.43. The highest BCUT2D eigenvalue weighted by molar-refractivity contribution is 5.95. The van der Waals surface area contributed by atoms with E-state index in [1.807, 2.05) is 117 Å². The van der Waals surface area contributed by atoms with Crippen LogP contribution < -0.4 is 18.9 Å². The molecule has 610 valence electrons. The molecule has 0 bridgehead atoms. The lowest BCUT2D eigenvalue weighted by Crippen LogP contribution is -2.22. The monoisotopic (exact) mass is 1560 g/mol. The zero-order valence-corrected chi connectivity index (χ0v) is 71.5. The van der Waals surface area contributed by atoms with E-state index in [1.54, 1.807) is 0 Å². The molecule has 8 atom stereocenters. The molecule has 0 aliphatic heterocycles. The van der Waals surface area contributed by atoms with Gasteiger partial charge in [-0.2, -0.15) is 40.8 Å². The summed E-state index contributed by atoms with van der Waals surface area (Å²) in [5, 5.41) is 40.8. The number of hydrogen-bond donors (Lipinski definition) is 0. The Balaban J connectivity index is 0.000000134. The van der Waals surface area contributed by atoms with Gasteiger partial charge in [-0.25, -0.2) is 4.98 Å². The van der Waals surface area contributed by atoms with Crippen LogP contribution >= 0.6 is 0 Å². The Morgan fingerprint density at radius 2 is 0.722 bits per heavy atom. The van der Waals surface area contributed by atoms with Gasteiger partial charge in [0.1, 0.15) is 52.0 Å². The van der Waals surface area contributed by atoms with E-state index in [0.717, 1.165) is 161 Å². The Kier molecular flexibility index (Phi) is 23.9. The van der Waals surface area contributed by atoms with E-state index in [9.17, 15) is 19.2 Å². The van der Waals surface area contributed by atoms with Gasteiger partial charge in [-0.3, -0.25) is 56.6 Å². The summed E-state index contributed by atoms with van der Waals surface area (Å²) in [6.45, 7) is 38.7. The molecule has 4 saturated carbocycles. The maximum Gasteiger partial charge on any atom is 0.225 e. The second-order valence-corrected chi connectivity index (χ2v) is 35.4. The topological polar surface area (TPSA) is 261 Å². The first-order valence-corrected chi connectivity index (χ1v) is 41.1. The fourth-order valence-corrected chi connectivity index (χ4v) is 16.2. The third kappa shape index (κ3) is 18.2. The summed E-state index contributed by atoms with van der Waals surface area (Å²) < 4.78 is 41.1. The van der Waals surface area contributed by atoms with Crippen molar-refractivity contribution in [2.45, 2.75) is 250 Å². The quantitative estimate of drug-likeness (QED) is 0.0728. The number of aromatic nitrogens is 17. The van der Waals surface area contributed by atoms with Gasteiger partial charge in [0.25, 0.3) is 0 Å². The molecule has 25 heteroatoms. The van der Waals surface area contributed by atoms with Crippen molar-refractivity contribution in [1.82, 2.24) is 83.2 Å². The van der Waals surface area contributed by atoms with Crippen LogP contribution in [0.1, 0.15) is 203 Å². The van der Waals surface area contributed by atoms with Crippen LogP contribution in [0.2, 0.25) is 0 Å². The summed E-state index contributed by atoms with van der Waals surface area (Å²) in [5.41, 5.74) is 15.6. The first-order chi connectivity index (χ1) is 54.4. The zero-order valence-electron chi connectivity index (χ0n) is 71.5. The molecule has 3 aromatic carbocycles. The number of ether oxygens (including phenoxy) is 4. The molecule has 0 saturated heterocycles. The number of hydrogen-bond acceptors (Lipinski definition) is 17. The zero-order chi connectivity index (χ0) is 82.5. The molecule has 4 aliphatic carbocycles. The van der Waals surface area contributed by atoms with E-state index in [1.165, 1.54) is 0 Å². The molecular weight excluding hydrogens is 1450 g/mol. The van der Waals surface area contributed by atoms with Crippen LogP contribution in [0.5, 0.6) is 23.1 Å². The minimum absolute atomic E-state index is 0.0110. The number of ketones is 4. The molecule has 0 amide bonds. The number of fused-ring (bicyclic) bond motifs is 4. The van der Waals surface area contributed by atoms with Gasteiger partial charge in [-0.15, -0.1) is 0 Å². The number of pyridine rings is 1. The van der Waals surface area contributed by atoms with Crippen LogP contribution in [0.4, 0.5) is 0 Å². The molecule has 9 aromatic heterocycles. The molecule has 25 nitrogen and oxygen atoms in total. The SMILES string of the molecule is Cc1c2c(O[C@H](C)[C@H]3CCC(=O)C3)cc(-c3cnn(C(C)(C)C)c3)cc2nn1C.Cc1c2c(O[C@H](C)[C@H]3CCC(=O)C3)cc(-c3cnn(C(C)C)c3)cc2nn1C.Cc1c2c(O[C@H](C)[C@H]3CCC(=O)C3)cc(-c3cnn(CC(C)C)c3)cc2nn1C.Cc1c2c(O[C@H](C)[C@H]3CCC(=O)C3)nc(-c3cnn(C(C)(C)C)c3)cc2nn1C. The van der Waals surface area contributed by atoms with E-state index in [-0.39, 0.29) is 59.2 Å². The van der Waals surface area contributed by atoms with Gasteiger partial charge >= 0.3 is 0 Å². The fourth-order valence-electron chi connectivity index (χ4n) is 16.2. The standard InChI is InChI=1S/2C23H30N4O2.C22H29N5O2.C22H28N4O2/c1-14-22-20(25-26(14)6)10-17(18-12-24-27(13-18)23(3,4)5)11-21(22)29-15(2)16-7-8-19(28)9-16;1-14(2)12-27-13-19(11-24-27)18-9-21-23(15(3)26(5)25-21)22(10-18)29-16(4)17-6-7-20(28)8-17;1-13-20-19(25-26(13)6)10-18(16-11-23-27(12-16)22(3,4)5)24-21(20)29-14(2)15-7-8-17(28)9-15;1-13(2)26-12-18(11-23-26)17-9-20-22(14(3)25(5)24-20)21(10-17)28-15(4)16-6-7-19(27)8-16/h10-13,15-16H,7-9H2,1-6H3;9-11,13-14,16-17H,6-8,12H2,1-5H3;10-12,14-15H,7-9H2,1-6H3;9-13,15-16H,6-8H2,1-5H3/t15-,16+;16-,17+;14-,15+;15-,16+/m1111/s1. The largest absolute Gasteiger partial charge is 0.490 e. The van der Waals surface area contributed by atoms with Gasteiger partial charge in [0, 0.05) is 186 Å². The number of rotatable bonds is 19. The fraction of sp³-hybridized carbons (Fsp3) is 0.522. The van der Waals surface area contributed by atoms with Crippen molar-refractivity contribution in [3.63, 3.8) is 0 Å². The van der Waals surface area contributed by atoms with Gasteiger partial charge < -0.3 is 18.9 Å². The van der Waals surface area contributed by atoms with E-state index < -0.39 is 0 Å². The Labute approximate surface area is 674 Å². The molecule has 4 aliphatic rings. The van der Waals surface area contributed by atoms with Crippen LogP contribution in [0.15, 0.2) is 92.0 Å². The van der Waals surface area contributed by atoms with Crippen LogP contribution in [-0.2, 0) is 65.0 Å². The van der Waals surface area contributed by atoms with Crippen molar-refractivity contribution in [2.75, 3.05) is 0 Å². The van der Waals surface area contributed by atoms with Crippen molar-refractivity contribution < 1.29 is 38.1 Å². The normalized spacial score (nSPS) is 18.4. The second-order valence-electron chi connectivity index (χ2n) is 35.4. The lowest BCUT2D eigenvalue weighted by Gasteiger charge is -2.21. The van der Waals surface area contributed by atoms with Crippen molar-refractivity contribution in [3.05, 3.63) is 115 Å². The number of benzene rings is 3. The van der Waals surface area contributed by atoms with Crippen molar-refractivity contribution >= 4 is 66.7 Å². The van der Waals surface area contributed by atoms with E-state index in [2.05, 4.69) is 207 Å². The van der Waals surface area contributed by atoms with Crippen molar-refractivity contribution in [1.29, 1.82) is 0 Å². The Morgan fingerprint density at radius 3 is 1.07 bits per heavy atom. The summed E-state index contributed by atoms with van der Waals surface area (Å²) >= 11 is 0. The van der Waals surface area contributed by atoms with Gasteiger partial charge in [-0.1, -0.05) is 13.8 Å². The number of aryl methyl sites for hydroxylation is 8. The maximum absolute atomic E-state index is 11.7. The predicted molar refractivity (Wildman–Crippen MR) is 449 cm³/mol. The molecule has 0 spiro atoms. The highest BCUT2D eigenvalue weighted by Gasteiger charge is 2.34. The first-order valence-electron chi connectivity index (χ1n) is 41.1. The summed E-state index contributed by atoms with van der Waals surface area (Å²) in [6, 6.07) is 14.9. The van der Waals surface area contributed by atoms with Crippen molar-refractivity contribution in [3.8, 4) is 67.8 Å². The number of carbonyl (C=O) groups excluding carboxylic acids is 4. The Hall–Kier alpha value is -10.6. The Morgan fingerprint density at radius 1 is 0.391 bits per heavy atom. The lowest BCUT2D eigenvalue weighted by molar-refractivity contribution is -0.118. The third-order valence-corrected chi connectivity index (χ3v) is 23.8. The van der Waals surface area contributed by atoms with Crippen molar-refractivity contribution in [2.24, 2.45) is 57.8 Å². The van der Waals surface area contributed by atoms with Gasteiger partial charge in [0.15, 0.2) is 0 Å². The molecule has 16 rings (SSSR count). The third-order valence-electron chi connectivity index (χ3n) is 23.8. The number of Topliss-reactive ketones (excluding diaryl/α,β-unsaturated/α-hetero) is 4. The van der Waals surface area contributed by atoms with Gasteiger partial charge in [-0.05, 0) is 202 Å². The predicted octanol–water partition coefficient (Wildman–Crippen LogP) is 17.7. The van der Waals surface area contributed by atoms with Crippen LogP contribution in [0.3, 0.4) is 0 Å². The molecule has 115 heavy (non-hydrogen) atoms. The molecule has 12 aromatic rings. The molecule has 9 heterocycles. The van der Waals surface area contributed by atoms with Crippen LogP contribution in [0.25, 0.3) is 88.2 Å². The number of carbonyl (C=O) groups is 4. The van der Waals surface area contributed by atoms with E-state index in [4.69, 9.17) is 23.9 Å². The minimum atomic E-state index is -0.104. The maximum atomic E-state index is 11.7. The van der Waals surface area contributed by atoms with Gasteiger partial charge in [0.05, 0.1) is 98.0 Å². The molecule has 0 unspecified atom stereocenters. The van der Waals surface area contributed by atoms with E-state index in [0.29, 0.717) is 92.3 Å². The van der Waals surface area contributed by atoms with Crippen LogP contribution in [-0.4, -0.2) is 131 Å². The second kappa shape index (κ2) is 33.3. The minimum Gasteiger partial charge on any atom is -0.490 e. The number of nitrogens with zero attached hydrogens (tertiary/aromatic N) is 17. The van der Waals surface area contributed by atoms with E-state index >= 15 is 0 Å². The summed E-state index contributed by atoms with van der Waals surface area (Å²) in [7, 11) is 7.79. The first kappa shape index (κ1) is 82.4.